The minimum absolute atomic E-state index is 0.832. The molecule has 1 aliphatic rings. The second kappa shape index (κ2) is 13.8. The van der Waals surface area contributed by atoms with Gasteiger partial charge in [-0.25, -0.2) is 5.06 Å². The smallest absolute Gasteiger partial charge is 0.160 e. The number of rotatable bonds is 11. The van der Waals surface area contributed by atoms with Gasteiger partial charge in [-0.3, -0.25) is 4.84 Å². The van der Waals surface area contributed by atoms with Crippen LogP contribution in [0.15, 0.2) is 0 Å². The van der Waals surface area contributed by atoms with Crippen LogP contribution in [-0.4, -0.2) is 28.3 Å². The first-order valence-corrected chi connectivity index (χ1v) is 10.3. The van der Waals surface area contributed by atoms with E-state index in [1.165, 1.54) is 77.0 Å². The maximum absolute atomic E-state index is 5.56. The topological polar surface area (TPSA) is 12.5 Å². The van der Waals surface area contributed by atoms with Crippen molar-refractivity contribution in [2.24, 2.45) is 0 Å². The van der Waals surface area contributed by atoms with Crippen LogP contribution in [0.25, 0.3) is 0 Å². The van der Waals surface area contributed by atoms with Gasteiger partial charge in [0.2, 0.25) is 0 Å². The zero-order valence-electron chi connectivity index (χ0n) is 13.8. The van der Waals surface area contributed by atoms with Gasteiger partial charge in [-0.1, -0.05) is 88.7 Å². The second-order valence-electron chi connectivity index (χ2n) is 5.94. The Kier molecular flexibility index (Phi) is 12.7. The van der Waals surface area contributed by atoms with Crippen LogP contribution in [0.5, 0.6) is 0 Å². The third-order valence-corrected chi connectivity index (χ3v) is 5.43. The molecule has 1 saturated heterocycles. The van der Waals surface area contributed by atoms with Crippen molar-refractivity contribution in [1.82, 2.24) is 5.06 Å². The zero-order chi connectivity index (χ0) is 15.2. The Balaban J connectivity index is 1.80. The van der Waals surface area contributed by atoms with Gasteiger partial charge < -0.3 is 0 Å². The summed E-state index contributed by atoms with van der Waals surface area (Å²) >= 11 is 7.20. The van der Waals surface area contributed by atoms with Crippen molar-refractivity contribution in [3.05, 3.63) is 0 Å². The molecule has 21 heavy (non-hydrogen) atoms. The highest BCUT2D eigenvalue weighted by atomic mass is 32.2. The molecular formula is C17H33NOS2. The molecule has 0 atom stereocenters. The zero-order valence-corrected chi connectivity index (χ0v) is 15.4. The van der Waals surface area contributed by atoms with E-state index in [1.807, 2.05) is 5.06 Å². The fourth-order valence-corrected chi connectivity index (χ4v) is 3.77. The van der Waals surface area contributed by atoms with Crippen LogP contribution in [0.1, 0.15) is 84.0 Å². The molecule has 0 amide bonds. The largest absolute Gasteiger partial charge is 0.272 e. The third kappa shape index (κ3) is 10.5. The summed E-state index contributed by atoms with van der Waals surface area (Å²) in [6, 6.07) is 0. The molecule has 0 aliphatic carbocycles. The SMILES string of the molecule is CCCCCCCCCCCCSC(=S)N1CCCCO1. The van der Waals surface area contributed by atoms with Crippen LogP contribution < -0.4 is 0 Å². The highest BCUT2D eigenvalue weighted by Crippen LogP contribution is 2.17. The molecule has 4 heteroatoms. The second-order valence-corrected chi connectivity index (χ2v) is 7.67. The van der Waals surface area contributed by atoms with Crippen LogP contribution in [0.4, 0.5) is 0 Å². The maximum atomic E-state index is 5.56. The fourth-order valence-electron chi connectivity index (χ4n) is 2.56. The summed E-state index contributed by atoms with van der Waals surface area (Å²) in [5, 5.41) is 1.92. The summed E-state index contributed by atoms with van der Waals surface area (Å²) in [7, 11) is 0. The molecule has 0 aromatic rings. The third-order valence-electron chi connectivity index (χ3n) is 3.93. The maximum Gasteiger partial charge on any atom is 0.160 e. The highest BCUT2D eigenvalue weighted by molar-refractivity contribution is 8.22. The van der Waals surface area contributed by atoms with E-state index in [1.54, 1.807) is 11.8 Å². The Hall–Kier alpha value is 0.200. The molecule has 0 N–H and O–H groups in total. The molecular weight excluding hydrogens is 298 g/mol. The molecule has 0 aromatic carbocycles. The Labute approximate surface area is 141 Å². The van der Waals surface area contributed by atoms with Gasteiger partial charge in [0.1, 0.15) is 0 Å². The first-order chi connectivity index (χ1) is 10.3. The number of nitrogens with zero attached hydrogens (tertiary/aromatic N) is 1. The summed E-state index contributed by atoms with van der Waals surface area (Å²) < 4.78 is 0.936. The molecule has 0 aromatic heterocycles. The first-order valence-electron chi connectivity index (χ1n) is 8.92. The van der Waals surface area contributed by atoms with Crippen molar-refractivity contribution >= 4 is 28.3 Å². The summed E-state index contributed by atoms with van der Waals surface area (Å²) in [5.74, 6) is 1.15. The van der Waals surface area contributed by atoms with E-state index in [0.717, 1.165) is 23.2 Å². The fraction of sp³-hybridized carbons (Fsp3) is 0.941. The van der Waals surface area contributed by atoms with Crippen LogP contribution in [-0.2, 0) is 4.84 Å². The van der Waals surface area contributed by atoms with E-state index in [4.69, 9.17) is 17.1 Å². The quantitative estimate of drug-likeness (QED) is 0.342. The van der Waals surface area contributed by atoms with Gasteiger partial charge in [0.05, 0.1) is 6.61 Å². The lowest BCUT2D eigenvalue weighted by Crippen LogP contribution is -2.33. The lowest BCUT2D eigenvalue weighted by atomic mass is 10.1. The number of thioether (sulfide) groups is 1. The van der Waals surface area contributed by atoms with Gasteiger partial charge in [0.15, 0.2) is 4.32 Å². The summed E-state index contributed by atoms with van der Waals surface area (Å²) in [6.45, 7) is 4.09. The Morgan fingerprint density at radius 2 is 1.57 bits per heavy atom. The normalized spacial score (nSPS) is 15.4. The predicted molar refractivity (Wildman–Crippen MR) is 98.8 cm³/mol. The molecule has 1 heterocycles. The molecule has 0 unspecified atom stereocenters. The number of thiocarbonyl (C=S) groups is 1. The van der Waals surface area contributed by atoms with E-state index < -0.39 is 0 Å². The molecule has 1 fully saturated rings. The first kappa shape index (κ1) is 19.2. The van der Waals surface area contributed by atoms with Crippen molar-refractivity contribution < 1.29 is 4.84 Å². The van der Waals surface area contributed by atoms with Crippen molar-refractivity contribution in [2.45, 2.75) is 84.0 Å². The summed E-state index contributed by atoms with van der Waals surface area (Å²) in [5.41, 5.74) is 0. The molecule has 124 valence electrons. The van der Waals surface area contributed by atoms with E-state index in [-0.39, 0.29) is 0 Å². The van der Waals surface area contributed by atoms with Crippen molar-refractivity contribution in [3.8, 4) is 0 Å². The molecule has 2 nitrogen and oxygen atoms in total. The van der Waals surface area contributed by atoms with Gasteiger partial charge in [0.25, 0.3) is 0 Å². The Morgan fingerprint density at radius 3 is 2.14 bits per heavy atom. The lowest BCUT2D eigenvalue weighted by Gasteiger charge is -2.27. The van der Waals surface area contributed by atoms with Crippen molar-refractivity contribution in [1.29, 1.82) is 0 Å². The number of hydroxylamine groups is 2. The minimum atomic E-state index is 0.832. The van der Waals surface area contributed by atoms with Gasteiger partial charge >= 0.3 is 0 Å². The molecule has 0 spiro atoms. The standard InChI is InChI=1S/C17H33NOS2/c1-2-3-4-5-6-7-8-9-10-13-16-21-17(20)18-14-11-12-15-19-18/h2-16H2,1H3. The molecule has 0 bridgehead atoms. The van der Waals surface area contributed by atoms with Crippen molar-refractivity contribution in [3.63, 3.8) is 0 Å². The van der Waals surface area contributed by atoms with Crippen LogP contribution in [0.2, 0.25) is 0 Å². The monoisotopic (exact) mass is 331 g/mol. The van der Waals surface area contributed by atoms with Gasteiger partial charge in [-0.05, 0) is 19.3 Å². The molecule has 0 radical (unpaired) electrons. The van der Waals surface area contributed by atoms with Gasteiger partial charge in [-0.15, -0.1) is 0 Å². The van der Waals surface area contributed by atoms with Gasteiger partial charge in [0, 0.05) is 12.3 Å². The van der Waals surface area contributed by atoms with Crippen LogP contribution in [0.3, 0.4) is 0 Å². The highest BCUT2D eigenvalue weighted by Gasteiger charge is 2.14. The average Bonchev–Trinajstić information content (AvgIpc) is 2.53. The van der Waals surface area contributed by atoms with E-state index in [2.05, 4.69) is 6.92 Å². The molecule has 1 rings (SSSR count). The molecule has 0 saturated carbocycles. The van der Waals surface area contributed by atoms with E-state index >= 15 is 0 Å². The Morgan fingerprint density at radius 1 is 0.952 bits per heavy atom. The summed E-state index contributed by atoms with van der Waals surface area (Å²) in [4.78, 5) is 5.56. The van der Waals surface area contributed by atoms with Crippen LogP contribution in [0, 0.1) is 0 Å². The average molecular weight is 332 g/mol. The molecule has 1 aliphatic heterocycles. The summed E-state index contributed by atoms with van der Waals surface area (Å²) in [6.07, 6.45) is 16.3. The number of hydrogen-bond donors (Lipinski definition) is 0. The predicted octanol–water partition coefficient (Wildman–Crippen LogP) is 5.95. The van der Waals surface area contributed by atoms with Gasteiger partial charge in [-0.2, -0.15) is 0 Å². The Bertz CT molecular complexity index is 255. The van der Waals surface area contributed by atoms with E-state index in [9.17, 15) is 0 Å². The number of hydrogen-bond acceptors (Lipinski definition) is 3. The lowest BCUT2D eigenvalue weighted by molar-refractivity contribution is -0.118. The minimum Gasteiger partial charge on any atom is -0.272 e. The van der Waals surface area contributed by atoms with Crippen molar-refractivity contribution in [2.75, 3.05) is 18.9 Å². The number of unbranched alkanes of at least 4 members (excludes halogenated alkanes) is 9. The van der Waals surface area contributed by atoms with Crippen LogP contribution >= 0.6 is 24.0 Å². The van der Waals surface area contributed by atoms with E-state index in [0.29, 0.717) is 0 Å².